The largest absolute Gasteiger partial charge is 0.294 e. The summed E-state index contributed by atoms with van der Waals surface area (Å²) in [5.41, 5.74) is 1.83. The van der Waals surface area contributed by atoms with Crippen molar-refractivity contribution >= 4 is 16.6 Å². The standard InChI is InChI=1S/C16H13N3O3/c1-11-12(5-4-8-15(11)19(21)22)9-18-10-17-14-7-3-2-6-13(14)16(18)20/h2-8,10H,9H2,1H3. The van der Waals surface area contributed by atoms with E-state index in [9.17, 15) is 14.9 Å². The molecule has 0 atom stereocenters. The zero-order chi connectivity index (χ0) is 15.7. The number of fused-ring (bicyclic) bond motifs is 1. The number of para-hydroxylation sites is 1. The van der Waals surface area contributed by atoms with Crippen LogP contribution in [0.25, 0.3) is 10.9 Å². The van der Waals surface area contributed by atoms with Gasteiger partial charge in [-0.1, -0.05) is 24.3 Å². The molecule has 1 heterocycles. The van der Waals surface area contributed by atoms with Gasteiger partial charge in [-0.3, -0.25) is 19.5 Å². The molecule has 0 amide bonds. The van der Waals surface area contributed by atoms with Crippen molar-refractivity contribution in [3.05, 3.63) is 80.4 Å². The molecule has 6 nitrogen and oxygen atoms in total. The lowest BCUT2D eigenvalue weighted by Gasteiger charge is -2.09. The Kier molecular flexibility index (Phi) is 3.42. The molecule has 0 saturated carbocycles. The minimum absolute atomic E-state index is 0.0549. The molecule has 3 aromatic rings. The van der Waals surface area contributed by atoms with E-state index in [1.807, 2.05) is 6.07 Å². The lowest BCUT2D eigenvalue weighted by atomic mass is 10.1. The fourth-order valence-corrected chi connectivity index (χ4v) is 2.44. The Hall–Kier alpha value is -3.02. The predicted molar refractivity (Wildman–Crippen MR) is 82.9 cm³/mol. The van der Waals surface area contributed by atoms with Crippen LogP contribution >= 0.6 is 0 Å². The van der Waals surface area contributed by atoms with Crippen molar-refractivity contribution in [3.8, 4) is 0 Å². The first-order valence-corrected chi connectivity index (χ1v) is 6.75. The molecule has 0 bridgehead atoms. The SMILES string of the molecule is Cc1c(Cn2cnc3ccccc3c2=O)cccc1[N+](=O)[O-]. The van der Waals surface area contributed by atoms with Crippen molar-refractivity contribution in [1.82, 2.24) is 9.55 Å². The van der Waals surface area contributed by atoms with Crippen molar-refractivity contribution in [1.29, 1.82) is 0 Å². The third-order valence-corrected chi connectivity index (χ3v) is 3.69. The van der Waals surface area contributed by atoms with E-state index in [0.29, 0.717) is 16.5 Å². The molecule has 0 spiro atoms. The van der Waals surface area contributed by atoms with Gasteiger partial charge < -0.3 is 0 Å². The Morgan fingerprint density at radius 1 is 1.18 bits per heavy atom. The topological polar surface area (TPSA) is 78.0 Å². The molecule has 0 fully saturated rings. The maximum atomic E-state index is 12.5. The smallest absolute Gasteiger partial charge is 0.272 e. The van der Waals surface area contributed by atoms with Crippen LogP contribution in [-0.4, -0.2) is 14.5 Å². The van der Waals surface area contributed by atoms with E-state index < -0.39 is 4.92 Å². The molecule has 0 radical (unpaired) electrons. The molecule has 0 saturated heterocycles. The minimum Gasteiger partial charge on any atom is -0.294 e. The van der Waals surface area contributed by atoms with Gasteiger partial charge in [-0.15, -0.1) is 0 Å². The molecule has 0 aliphatic rings. The van der Waals surface area contributed by atoms with Crippen LogP contribution in [0.2, 0.25) is 0 Å². The average Bonchev–Trinajstić information content (AvgIpc) is 2.52. The van der Waals surface area contributed by atoms with Gasteiger partial charge in [0.15, 0.2) is 0 Å². The summed E-state index contributed by atoms with van der Waals surface area (Å²) in [5, 5.41) is 11.5. The maximum absolute atomic E-state index is 12.5. The first-order valence-electron chi connectivity index (χ1n) is 6.75. The Morgan fingerprint density at radius 2 is 1.95 bits per heavy atom. The van der Waals surface area contributed by atoms with Crippen molar-refractivity contribution in [2.24, 2.45) is 0 Å². The van der Waals surface area contributed by atoms with Crippen molar-refractivity contribution < 1.29 is 4.92 Å². The Balaban J connectivity index is 2.08. The van der Waals surface area contributed by atoms with Crippen LogP contribution in [0.15, 0.2) is 53.6 Å². The summed E-state index contributed by atoms with van der Waals surface area (Å²) in [6.45, 7) is 1.94. The van der Waals surface area contributed by atoms with E-state index in [1.165, 1.54) is 17.0 Å². The third kappa shape index (κ3) is 2.35. The van der Waals surface area contributed by atoms with Crippen LogP contribution in [0.3, 0.4) is 0 Å². The van der Waals surface area contributed by atoms with Crippen LogP contribution in [0.4, 0.5) is 5.69 Å². The van der Waals surface area contributed by atoms with Gasteiger partial charge in [-0.25, -0.2) is 4.98 Å². The summed E-state index contributed by atoms with van der Waals surface area (Å²) in [5.74, 6) is 0. The minimum atomic E-state index is -0.416. The molecule has 0 aliphatic heterocycles. The summed E-state index contributed by atoms with van der Waals surface area (Å²) < 4.78 is 1.47. The van der Waals surface area contributed by atoms with Gasteiger partial charge in [0.2, 0.25) is 0 Å². The first-order chi connectivity index (χ1) is 10.6. The summed E-state index contributed by atoms with van der Waals surface area (Å²) >= 11 is 0. The molecule has 110 valence electrons. The summed E-state index contributed by atoms with van der Waals surface area (Å²) in [7, 11) is 0. The van der Waals surface area contributed by atoms with Crippen LogP contribution in [0.1, 0.15) is 11.1 Å². The highest BCUT2D eigenvalue weighted by molar-refractivity contribution is 5.76. The van der Waals surface area contributed by atoms with Crippen LogP contribution in [0, 0.1) is 17.0 Å². The molecule has 3 rings (SSSR count). The molecular weight excluding hydrogens is 282 g/mol. The van der Waals surface area contributed by atoms with E-state index in [4.69, 9.17) is 0 Å². The highest BCUT2D eigenvalue weighted by Crippen LogP contribution is 2.21. The predicted octanol–water partition coefficient (Wildman–Crippen LogP) is 2.66. The number of nitro benzene ring substituents is 1. The van der Waals surface area contributed by atoms with E-state index >= 15 is 0 Å². The monoisotopic (exact) mass is 295 g/mol. The van der Waals surface area contributed by atoms with Gasteiger partial charge in [-0.05, 0) is 24.6 Å². The number of rotatable bonds is 3. The number of nitrogens with zero attached hydrogens (tertiary/aromatic N) is 3. The normalized spacial score (nSPS) is 10.8. The van der Waals surface area contributed by atoms with Gasteiger partial charge in [0, 0.05) is 11.6 Å². The third-order valence-electron chi connectivity index (χ3n) is 3.69. The van der Waals surface area contributed by atoms with E-state index in [1.54, 1.807) is 37.3 Å². The zero-order valence-electron chi connectivity index (χ0n) is 11.9. The van der Waals surface area contributed by atoms with E-state index in [2.05, 4.69) is 4.98 Å². The highest BCUT2D eigenvalue weighted by atomic mass is 16.6. The van der Waals surface area contributed by atoms with Crippen LogP contribution < -0.4 is 5.56 Å². The number of aromatic nitrogens is 2. The molecule has 0 N–H and O–H groups in total. The zero-order valence-corrected chi connectivity index (χ0v) is 11.9. The second-order valence-electron chi connectivity index (χ2n) is 5.01. The van der Waals surface area contributed by atoms with Gasteiger partial charge in [-0.2, -0.15) is 0 Å². The highest BCUT2D eigenvalue weighted by Gasteiger charge is 2.14. The Bertz CT molecular complexity index is 931. The lowest BCUT2D eigenvalue weighted by molar-refractivity contribution is -0.385. The van der Waals surface area contributed by atoms with Gasteiger partial charge in [0.1, 0.15) is 0 Å². The second-order valence-corrected chi connectivity index (χ2v) is 5.01. The Labute approximate surface area is 125 Å². The first kappa shape index (κ1) is 13.9. The van der Waals surface area contributed by atoms with Crippen molar-refractivity contribution in [2.75, 3.05) is 0 Å². The molecule has 0 aliphatic carbocycles. The van der Waals surface area contributed by atoms with Gasteiger partial charge in [0.25, 0.3) is 11.2 Å². The quantitative estimate of drug-likeness (QED) is 0.549. The fourth-order valence-electron chi connectivity index (χ4n) is 2.44. The van der Waals surface area contributed by atoms with Gasteiger partial charge in [0.05, 0.1) is 28.7 Å². The Morgan fingerprint density at radius 3 is 2.73 bits per heavy atom. The molecule has 22 heavy (non-hydrogen) atoms. The van der Waals surface area contributed by atoms with Gasteiger partial charge >= 0.3 is 0 Å². The molecule has 0 unspecified atom stereocenters. The maximum Gasteiger partial charge on any atom is 0.272 e. The summed E-state index contributed by atoms with van der Waals surface area (Å²) in [6, 6.07) is 12.0. The number of nitro groups is 1. The summed E-state index contributed by atoms with van der Waals surface area (Å²) in [6.07, 6.45) is 1.48. The number of hydrogen-bond acceptors (Lipinski definition) is 4. The fraction of sp³-hybridized carbons (Fsp3) is 0.125. The molecule has 1 aromatic heterocycles. The van der Waals surface area contributed by atoms with Crippen molar-refractivity contribution in [2.45, 2.75) is 13.5 Å². The second kappa shape index (κ2) is 5.40. The molecular formula is C16H13N3O3. The van der Waals surface area contributed by atoms with Crippen LogP contribution in [-0.2, 0) is 6.54 Å². The van der Waals surface area contributed by atoms with Crippen LogP contribution in [0.5, 0.6) is 0 Å². The van der Waals surface area contributed by atoms with E-state index in [-0.39, 0.29) is 17.8 Å². The summed E-state index contributed by atoms with van der Waals surface area (Å²) in [4.78, 5) is 27.3. The molecule has 6 heteroatoms. The average molecular weight is 295 g/mol. The number of hydrogen-bond donors (Lipinski definition) is 0. The number of benzene rings is 2. The van der Waals surface area contributed by atoms with E-state index in [0.717, 1.165) is 5.56 Å². The van der Waals surface area contributed by atoms with Crippen molar-refractivity contribution in [3.63, 3.8) is 0 Å². The molecule has 2 aromatic carbocycles. The lowest BCUT2D eigenvalue weighted by Crippen LogP contribution is -2.21.